The quantitative estimate of drug-likeness (QED) is 0.321. The highest BCUT2D eigenvalue weighted by Crippen LogP contribution is 2.37. The number of likely N-dealkylation sites (tertiary alicyclic amines) is 1. The molecule has 45 heavy (non-hydrogen) atoms. The fourth-order valence-corrected chi connectivity index (χ4v) is 6.93. The second-order valence-electron chi connectivity index (χ2n) is 12.6. The van der Waals surface area contributed by atoms with Gasteiger partial charge in [0.15, 0.2) is 0 Å². The van der Waals surface area contributed by atoms with E-state index in [-0.39, 0.29) is 43.1 Å². The molecule has 11 heteroatoms. The average molecular weight is 620 g/mol. The molecule has 2 aliphatic heterocycles. The van der Waals surface area contributed by atoms with Gasteiger partial charge in [0.1, 0.15) is 23.1 Å². The zero-order chi connectivity index (χ0) is 32.0. The van der Waals surface area contributed by atoms with Crippen molar-refractivity contribution in [1.29, 1.82) is 0 Å². The Balaban J connectivity index is 1.20. The van der Waals surface area contributed by atoms with E-state index in [2.05, 4.69) is 20.9 Å². The lowest BCUT2D eigenvalue weighted by Crippen LogP contribution is -2.74. The number of benzene rings is 2. The molecule has 2 aromatic carbocycles. The van der Waals surface area contributed by atoms with Crippen LogP contribution in [0.25, 0.3) is 0 Å². The van der Waals surface area contributed by atoms with Gasteiger partial charge in [0, 0.05) is 58.7 Å². The molecule has 0 unspecified atom stereocenters. The number of piperidine rings is 1. The molecule has 242 valence electrons. The summed E-state index contributed by atoms with van der Waals surface area (Å²) >= 11 is 0. The van der Waals surface area contributed by atoms with Crippen molar-refractivity contribution in [3.8, 4) is 11.5 Å². The third kappa shape index (κ3) is 7.65. The third-order valence-electron chi connectivity index (χ3n) is 9.48. The van der Waals surface area contributed by atoms with Gasteiger partial charge in [0.05, 0.1) is 5.60 Å². The van der Waals surface area contributed by atoms with Gasteiger partial charge in [-0.25, -0.2) is 0 Å². The Bertz CT molecular complexity index is 1360. The Kier molecular flexibility index (Phi) is 10.1. The summed E-state index contributed by atoms with van der Waals surface area (Å²) in [6.07, 6.45) is 5.36. The van der Waals surface area contributed by atoms with Gasteiger partial charge in [0.25, 0.3) is 5.91 Å². The molecule has 3 aliphatic rings. The first-order valence-corrected chi connectivity index (χ1v) is 16.0. The number of amides is 4. The minimum Gasteiger partial charge on any atom is -0.457 e. The van der Waals surface area contributed by atoms with Crippen LogP contribution in [0.5, 0.6) is 11.5 Å². The minimum absolute atomic E-state index is 0.151. The number of nitrogens with zero attached hydrogens (tertiary/aromatic N) is 2. The van der Waals surface area contributed by atoms with Crippen LogP contribution in [0, 0.1) is 0 Å². The summed E-state index contributed by atoms with van der Waals surface area (Å²) in [6.45, 7) is 3.89. The number of rotatable bonds is 10. The SMILES string of the molecule is CNC(=O)c1ccc(Oc2ccc(CN3CCC4(CC3)C(=O)N[C@H](CC3(O)CCCCC3)C(=O)N4CCNC(C)=O)cc2)cc1. The maximum atomic E-state index is 13.9. The largest absolute Gasteiger partial charge is 0.457 e. The summed E-state index contributed by atoms with van der Waals surface area (Å²) in [5, 5.41) is 19.5. The number of hydrogen-bond donors (Lipinski definition) is 4. The second-order valence-corrected chi connectivity index (χ2v) is 12.6. The molecule has 4 N–H and O–H groups in total. The van der Waals surface area contributed by atoms with E-state index in [1.54, 1.807) is 36.2 Å². The smallest absolute Gasteiger partial charge is 0.251 e. The van der Waals surface area contributed by atoms with Crippen LogP contribution in [0.3, 0.4) is 0 Å². The molecule has 11 nitrogen and oxygen atoms in total. The van der Waals surface area contributed by atoms with Crippen molar-refractivity contribution in [2.75, 3.05) is 33.2 Å². The van der Waals surface area contributed by atoms with Crippen molar-refractivity contribution in [2.45, 2.75) is 82.0 Å². The van der Waals surface area contributed by atoms with E-state index in [0.717, 1.165) is 24.8 Å². The van der Waals surface area contributed by atoms with Gasteiger partial charge in [-0.1, -0.05) is 31.4 Å². The van der Waals surface area contributed by atoms with Gasteiger partial charge >= 0.3 is 0 Å². The molecule has 1 aliphatic carbocycles. The Morgan fingerprint density at radius 1 is 0.956 bits per heavy atom. The molecular formula is C34H45N5O6. The van der Waals surface area contributed by atoms with E-state index in [1.807, 2.05) is 24.3 Å². The van der Waals surface area contributed by atoms with Crippen LogP contribution in [-0.4, -0.2) is 88.9 Å². The number of nitrogens with one attached hydrogen (secondary N) is 3. The first-order valence-electron chi connectivity index (χ1n) is 16.0. The lowest BCUT2D eigenvalue weighted by Gasteiger charge is -2.52. The van der Waals surface area contributed by atoms with E-state index in [4.69, 9.17) is 4.74 Å². The highest BCUT2D eigenvalue weighted by atomic mass is 16.5. The monoisotopic (exact) mass is 619 g/mol. The van der Waals surface area contributed by atoms with Crippen molar-refractivity contribution in [3.05, 3.63) is 59.7 Å². The van der Waals surface area contributed by atoms with Gasteiger partial charge in [-0.15, -0.1) is 0 Å². The Hall–Kier alpha value is -3.96. The fraction of sp³-hybridized carbons (Fsp3) is 0.529. The summed E-state index contributed by atoms with van der Waals surface area (Å²) in [5.74, 6) is 0.640. The third-order valence-corrected chi connectivity index (χ3v) is 9.48. The van der Waals surface area contributed by atoms with E-state index in [9.17, 15) is 24.3 Å². The number of carbonyl (C=O) groups is 4. The van der Waals surface area contributed by atoms with Crippen molar-refractivity contribution >= 4 is 23.6 Å². The lowest BCUT2D eigenvalue weighted by molar-refractivity contribution is -0.163. The summed E-state index contributed by atoms with van der Waals surface area (Å²) in [5.41, 5.74) is -0.267. The summed E-state index contributed by atoms with van der Waals surface area (Å²) in [6, 6.07) is 14.0. The molecule has 2 heterocycles. The molecule has 4 amide bonds. The Labute approximate surface area is 264 Å². The van der Waals surface area contributed by atoms with Crippen LogP contribution in [0.1, 0.15) is 74.2 Å². The number of piperazine rings is 1. The summed E-state index contributed by atoms with van der Waals surface area (Å²) in [4.78, 5) is 55.0. The van der Waals surface area contributed by atoms with E-state index in [0.29, 0.717) is 62.4 Å². The van der Waals surface area contributed by atoms with E-state index in [1.165, 1.54) is 6.92 Å². The van der Waals surface area contributed by atoms with Gasteiger partial charge in [0.2, 0.25) is 17.7 Å². The van der Waals surface area contributed by atoms with Crippen LogP contribution in [0.15, 0.2) is 48.5 Å². The minimum atomic E-state index is -0.983. The van der Waals surface area contributed by atoms with Crippen molar-refractivity contribution in [1.82, 2.24) is 25.8 Å². The second kappa shape index (κ2) is 14.0. The van der Waals surface area contributed by atoms with Crippen molar-refractivity contribution in [3.63, 3.8) is 0 Å². The highest BCUT2D eigenvalue weighted by Gasteiger charge is 2.54. The fourth-order valence-electron chi connectivity index (χ4n) is 6.93. The normalized spacial score (nSPS) is 21.2. The van der Waals surface area contributed by atoms with Gasteiger partial charge in [-0.05, 0) is 67.6 Å². The molecule has 0 aromatic heterocycles. The molecule has 5 rings (SSSR count). The molecular weight excluding hydrogens is 574 g/mol. The predicted octanol–water partition coefficient (Wildman–Crippen LogP) is 2.72. The standard InChI is InChI=1S/C34H45N5O6/c1-24(40)36-18-21-39-31(42)29(22-33(44)14-4-3-5-15-33)37-32(43)34(39)16-19-38(20-17-34)23-25-6-10-27(11-7-25)45-28-12-8-26(9-13-28)30(41)35-2/h6-13,29,44H,3-5,14-23H2,1-2H3,(H,35,41)(H,36,40)(H,37,43)/t29-/m1/s1. The summed E-state index contributed by atoms with van der Waals surface area (Å²) in [7, 11) is 1.59. The van der Waals surface area contributed by atoms with Crippen LogP contribution in [0.2, 0.25) is 0 Å². The maximum Gasteiger partial charge on any atom is 0.251 e. The zero-order valence-corrected chi connectivity index (χ0v) is 26.3. The van der Waals surface area contributed by atoms with Crippen LogP contribution >= 0.6 is 0 Å². The van der Waals surface area contributed by atoms with Crippen LogP contribution < -0.4 is 20.7 Å². The molecule has 3 fully saturated rings. The first kappa shape index (κ1) is 32.4. The topological polar surface area (TPSA) is 140 Å². The van der Waals surface area contributed by atoms with Gasteiger partial charge < -0.3 is 30.7 Å². The molecule has 2 saturated heterocycles. The zero-order valence-electron chi connectivity index (χ0n) is 26.3. The Morgan fingerprint density at radius 3 is 2.18 bits per heavy atom. The number of aliphatic hydroxyl groups is 1. The van der Waals surface area contributed by atoms with Crippen molar-refractivity contribution < 1.29 is 29.0 Å². The average Bonchev–Trinajstić information content (AvgIpc) is 3.03. The molecule has 2 aromatic rings. The maximum absolute atomic E-state index is 13.9. The number of carbonyl (C=O) groups excluding carboxylic acids is 4. The predicted molar refractivity (Wildman–Crippen MR) is 169 cm³/mol. The van der Waals surface area contributed by atoms with Crippen molar-refractivity contribution in [2.24, 2.45) is 0 Å². The van der Waals surface area contributed by atoms with Crippen LogP contribution in [0.4, 0.5) is 0 Å². The van der Waals surface area contributed by atoms with E-state index < -0.39 is 17.2 Å². The number of hydrogen-bond acceptors (Lipinski definition) is 7. The first-order chi connectivity index (χ1) is 21.6. The van der Waals surface area contributed by atoms with Gasteiger partial charge in [-0.3, -0.25) is 24.1 Å². The highest BCUT2D eigenvalue weighted by molar-refractivity contribution is 6.00. The lowest BCUT2D eigenvalue weighted by atomic mass is 9.77. The summed E-state index contributed by atoms with van der Waals surface area (Å²) < 4.78 is 5.94. The molecule has 1 spiro atoms. The molecule has 0 bridgehead atoms. The molecule has 1 saturated carbocycles. The van der Waals surface area contributed by atoms with Crippen LogP contribution in [-0.2, 0) is 20.9 Å². The van der Waals surface area contributed by atoms with E-state index >= 15 is 0 Å². The Morgan fingerprint density at radius 2 is 1.58 bits per heavy atom. The molecule has 0 radical (unpaired) electrons. The number of ether oxygens (including phenoxy) is 1. The van der Waals surface area contributed by atoms with Gasteiger partial charge in [-0.2, -0.15) is 0 Å². The molecule has 1 atom stereocenters.